The monoisotopic (exact) mass is 453 g/mol. The van der Waals surface area contributed by atoms with E-state index >= 15 is 0 Å². The normalized spacial score (nSPS) is 14.1. The highest BCUT2D eigenvalue weighted by atomic mass is 127. The molecular formula is C20H28INOSi. The molecular weight excluding hydrogens is 425 g/mol. The molecule has 1 aromatic carbocycles. The van der Waals surface area contributed by atoms with E-state index in [0.29, 0.717) is 0 Å². The molecule has 0 N–H and O–H groups in total. The minimum atomic E-state index is -1.65. The minimum absolute atomic E-state index is 0.144. The number of aromatic nitrogens is 1. The van der Waals surface area contributed by atoms with Crippen LogP contribution < -0.4 is 0 Å². The molecule has 130 valence electrons. The third kappa shape index (κ3) is 4.89. The molecule has 0 radical (unpaired) electrons. The maximum absolute atomic E-state index is 6.84. The average Bonchev–Trinajstić information content (AvgIpc) is 2.62. The number of rotatable bonds is 8. The predicted octanol–water partition coefficient (Wildman–Crippen LogP) is 7.03. The second kappa shape index (κ2) is 9.11. The first kappa shape index (κ1) is 19.6. The largest absolute Gasteiger partial charge is 0.410 e. The van der Waals surface area contributed by atoms with Crippen molar-refractivity contribution in [3.05, 3.63) is 51.7 Å². The summed E-state index contributed by atoms with van der Waals surface area (Å²) in [6.45, 7) is 9.02. The fraction of sp³-hybridized carbons (Fsp3) is 0.450. The molecule has 2 aromatic rings. The van der Waals surface area contributed by atoms with Gasteiger partial charge >= 0.3 is 0 Å². The lowest BCUT2D eigenvalue weighted by Crippen LogP contribution is -2.37. The van der Waals surface area contributed by atoms with Gasteiger partial charge in [0.2, 0.25) is 0 Å². The van der Waals surface area contributed by atoms with Crippen molar-refractivity contribution in [1.29, 1.82) is 0 Å². The number of pyridine rings is 1. The van der Waals surface area contributed by atoms with Gasteiger partial charge < -0.3 is 4.43 Å². The maximum Gasteiger partial charge on any atom is 0.192 e. The molecule has 1 unspecified atom stereocenters. The van der Waals surface area contributed by atoms with Crippen molar-refractivity contribution >= 4 is 41.8 Å². The Morgan fingerprint density at radius 1 is 1.21 bits per heavy atom. The predicted molar refractivity (Wildman–Crippen MR) is 115 cm³/mol. The molecule has 4 heteroatoms. The Labute approximate surface area is 161 Å². The Morgan fingerprint density at radius 3 is 2.54 bits per heavy atom. The molecule has 2 nitrogen and oxygen atoms in total. The molecule has 0 bridgehead atoms. The Morgan fingerprint density at radius 2 is 1.92 bits per heavy atom. The zero-order valence-electron chi connectivity index (χ0n) is 15.2. The van der Waals surface area contributed by atoms with Crippen LogP contribution in [-0.4, -0.2) is 13.3 Å². The van der Waals surface area contributed by atoms with Crippen LogP contribution in [0.4, 0.5) is 0 Å². The first-order valence-corrected chi connectivity index (χ1v) is 12.5. The topological polar surface area (TPSA) is 22.1 Å². The van der Waals surface area contributed by atoms with Crippen molar-refractivity contribution in [2.75, 3.05) is 0 Å². The molecule has 1 aromatic heterocycles. The van der Waals surface area contributed by atoms with Gasteiger partial charge in [0, 0.05) is 11.6 Å². The number of nitrogens with zero attached hydrogens (tertiary/aromatic N) is 1. The summed E-state index contributed by atoms with van der Waals surface area (Å²) < 4.78 is 8.16. The molecule has 1 atom stereocenters. The molecule has 0 saturated carbocycles. The maximum atomic E-state index is 6.84. The van der Waals surface area contributed by atoms with Crippen molar-refractivity contribution < 1.29 is 4.43 Å². The Balaban J connectivity index is 2.38. The number of fused-ring (bicyclic) bond motifs is 1. The zero-order chi connectivity index (χ0) is 17.6. The van der Waals surface area contributed by atoms with Crippen LogP contribution in [0.3, 0.4) is 0 Å². The summed E-state index contributed by atoms with van der Waals surface area (Å²) in [7, 11) is -1.65. The highest BCUT2D eigenvalue weighted by molar-refractivity contribution is 14.1. The van der Waals surface area contributed by atoms with E-state index < -0.39 is 8.32 Å². The van der Waals surface area contributed by atoms with Crippen molar-refractivity contribution in [2.24, 2.45) is 0 Å². The summed E-state index contributed by atoms with van der Waals surface area (Å²) in [4.78, 5) is 4.43. The lowest BCUT2D eigenvalue weighted by atomic mass is 10.0. The van der Waals surface area contributed by atoms with Crippen LogP contribution in [0.5, 0.6) is 0 Å². The average molecular weight is 453 g/mol. The summed E-state index contributed by atoms with van der Waals surface area (Å²) >= 11 is 2.38. The molecule has 0 amide bonds. The first-order valence-electron chi connectivity index (χ1n) is 8.88. The third-order valence-corrected chi connectivity index (χ3v) is 10.0. The van der Waals surface area contributed by atoms with Gasteiger partial charge in [-0.15, -0.1) is 0 Å². The number of hydrogen-bond acceptors (Lipinski definition) is 2. The fourth-order valence-corrected chi connectivity index (χ4v) is 6.21. The second-order valence-corrected chi connectivity index (χ2v) is 12.8. The van der Waals surface area contributed by atoms with Crippen molar-refractivity contribution in [1.82, 2.24) is 4.98 Å². The van der Waals surface area contributed by atoms with Crippen LogP contribution in [0, 0.1) is 0 Å². The molecule has 0 aliphatic carbocycles. The van der Waals surface area contributed by atoms with Crippen molar-refractivity contribution in [2.45, 2.75) is 58.4 Å². The number of benzene rings is 1. The van der Waals surface area contributed by atoms with Crippen LogP contribution in [0.2, 0.25) is 18.1 Å². The zero-order valence-corrected chi connectivity index (χ0v) is 18.3. The summed E-state index contributed by atoms with van der Waals surface area (Å²) in [6, 6.07) is 14.2. The third-order valence-electron chi connectivity index (χ3n) is 4.94. The van der Waals surface area contributed by atoms with E-state index in [4.69, 9.17) is 4.43 Å². The van der Waals surface area contributed by atoms with Crippen LogP contribution in [0.15, 0.2) is 46.2 Å². The highest BCUT2D eigenvalue weighted by Gasteiger charge is 2.32. The SMILES string of the molecule is CC[Si](CC)(CC)OC(CC=C(C)I)c1ccc2ncccc2c1. The summed E-state index contributed by atoms with van der Waals surface area (Å²) in [5, 5.41) is 1.19. The number of halogens is 1. The van der Waals surface area contributed by atoms with Gasteiger partial charge in [-0.3, -0.25) is 4.98 Å². The molecule has 2 rings (SSSR count). The molecule has 24 heavy (non-hydrogen) atoms. The minimum Gasteiger partial charge on any atom is -0.410 e. The van der Waals surface area contributed by atoms with Gasteiger partial charge in [-0.2, -0.15) is 0 Å². The Kier molecular flexibility index (Phi) is 7.44. The van der Waals surface area contributed by atoms with Crippen LogP contribution in [-0.2, 0) is 4.43 Å². The van der Waals surface area contributed by atoms with Gasteiger partial charge in [-0.05, 0) is 81.4 Å². The van der Waals surface area contributed by atoms with Crippen molar-refractivity contribution in [3.8, 4) is 0 Å². The number of allylic oxidation sites excluding steroid dienone is 1. The van der Waals surface area contributed by atoms with Crippen LogP contribution in [0.1, 0.15) is 45.8 Å². The van der Waals surface area contributed by atoms with Gasteiger partial charge in [0.25, 0.3) is 0 Å². The van der Waals surface area contributed by atoms with Gasteiger partial charge in [0.15, 0.2) is 8.32 Å². The number of hydrogen-bond donors (Lipinski definition) is 0. The molecule has 1 heterocycles. The van der Waals surface area contributed by atoms with E-state index in [1.807, 2.05) is 12.3 Å². The highest BCUT2D eigenvalue weighted by Crippen LogP contribution is 2.33. The smallest absolute Gasteiger partial charge is 0.192 e. The van der Waals surface area contributed by atoms with Gasteiger partial charge in [0.1, 0.15) is 0 Å². The van der Waals surface area contributed by atoms with Gasteiger partial charge in [0.05, 0.1) is 11.6 Å². The van der Waals surface area contributed by atoms with E-state index in [1.54, 1.807) is 0 Å². The summed E-state index contributed by atoms with van der Waals surface area (Å²) in [5.41, 5.74) is 2.32. The van der Waals surface area contributed by atoms with E-state index in [9.17, 15) is 0 Å². The van der Waals surface area contributed by atoms with E-state index in [0.717, 1.165) is 11.9 Å². The standard InChI is InChI=1S/C20H28INOSi/c1-5-24(6-2,7-3)23-20(13-10-16(4)21)18-11-12-19-17(15-18)9-8-14-22-19/h8-12,14-15,20H,5-7,13H2,1-4H3. The van der Waals surface area contributed by atoms with Crippen LogP contribution in [0.25, 0.3) is 10.9 Å². The summed E-state index contributed by atoms with van der Waals surface area (Å²) in [6.07, 6.45) is 5.22. The van der Waals surface area contributed by atoms with Gasteiger partial charge in [-0.25, -0.2) is 0 Å². The lowest BCUT2D eigenvalue weighted by molar-refractivity contribution is 0.193. The van der Waals surface area contributed by atoms with Crippen LogP contribution >= 0.6 is 22.6 Å². The van der Waals surface area contributed by atoms with E-state index in [2.05, 4.69) is 85.6 Å². The summed E-state index contributed by atoms with van der Waals surface area (Å²) in [5.74, 6) is 0. The van der Waals surface area contributed by atoms with E-state index in [-0.39, 0.29) is 6.10 Å². The molecule has 0 fully saturated rings. The Bertz CT molecular complexity index is 685. The molecule has 0 aliphatic heterocycles. The van der Waals surface area contributed by atoms with Gasteiger partial charge in [-0.1, -0.05) is 39.0 Å². The Hall–Kier alpha value is -0.723. The van der Waals surface area contributed by atoms with E-state index in [1.165, 1.54) is 32.7 Å². The molecule has 0 saturated heterocycles. The quantitative estimate of drug-likeness (QED) is 0.316. The lowest BCUT2D eigenvalue weighted by Gasteiger charge is -2.33. The second-order valence-electron chi connectivity index (χ2n) is 6.33. The molecule has 0 spiro atoms. The van der Waals surface area contributed by atoms with Crippen molar-refractivity contribution in [3.63, 3.8) is 0 Å². The first-order chi connectivity index (χ1) is 11.5. The molecule has 0 aliphatic rings. The fourth-order valence-electron chi connectivity index (χ4n) is 3.12.